The molecule has 4 nitrogen and oxygen atoms in total. The number of hydrogen-bond donors (Lipinski definition) is 2. The van der Waals surface area contributed by atoms with Gasteiger partial charge in [-0.2, -0.15) is 0 Å². The Kier molecular flexibility index (Phi) is 9.12. The lowest BCUT2D eigenvalue weighted by atomic mass is 10.1. The molecular weight excluding hydrogens is 332 g/mol. The molecule has 140 valence electrons. The zero-order valence-electron chi connectivity index (χ0n) is 15.4. The molecule has 1 aromatic rings. The Morgan fingerprint density at radius 1 is 0.920 bits per heavy atom. The van der Waals surface area contributed by atoms with Gasteiger partial charge in [-0.3, -0.25) is 16.0 Å². The molecule has 0 amide bonds. The van der Waals surface area contributed by atoms with E-state index >= 15 is 0 Å². The number of nitrogens with two attached hydrogens (primary N) is 2. The third-order valence-electron chi connectivity index (χ3n) is 5.00. The molecule has 5 heteroatoms. The quantitative estimate of drug-likeness (QED) is 0.273. The highest BCUT2D eigenvalue weighted by Crippen LogP contribution is 2.12. The van der Waals surface area contributed by atoms with Crippen molar-refractivity contribution in [2.24, 2.45) is 11.5 Å². The molecule has 0 aliphatic carbocycles. The SMILES string of the molecule is NC(N)=[N+](CCCCCCCCN1CCCC1)Cc1ccc(Cl)cc1. The van der Waals surface area contributed by atoms with E-state index in [1.165, 1.54) is 70.1 Å². The van der Waals surface area contributed by atoms with Crippen molar-refractivity contribution < 1.29 is 4.58 Å². The van der Waals surface area contributed by atoms with Gasteiger partial charge in [-0.25, -0.2) is 0 Å². The zero-order valence-corrected chi connectivity index (χ0v) is 16.2. The summed E-state index contributed by atoms with van der Waals surface area (Å²) in [5, 5.41) is 0.754. The minimum atomic E-state index is 0.403. The molecule has 1 aromatic carbocycles. The van der Waals surface area contributed by atoms with Gasteiger partial charge in [-0.05, 0) is 63.0 Å². The number of unbranched alkanes of at least 4 members (excludes halogenated alkanes) is 5. The van der Waals surface area contributed by atoms with Crippen molar-refractivity contribution in [2.75, 3.05) is 26.2 Å². The van der Waals surface area contributed by atoms with Crippen molar-refractivity contribution in [3.05, 3.63) is 34.9 Å². The highest BCUT2D eigenvalue weighted by molar-refractivity contribution is 6.30. The van der Waals surface area contributed by atoms with E-state index in [1.807, 2.05) is 24.3 Å². The van der Waals surface area contributed by atoms with Crippen LogP contribution in [0.1, 0.15) is 56.9 Å². The first-order chi connectivity index (χ1) is 12.1. The predicted molar refractivity (Wildman–Crippen MR) is 107 cm³/mol. The van der Waals surface area contributed by atoms with Crippen LogP contribution >= 0.6 is 11.6 Å². The van der Waals surface area contributed by atoms with E-state index in [9.17, 15) is 0 Å². The van der Waals surface area contributed by atoms with Crippen LogP contribution in [0.2, 0.25) is 5.02 Å². The van der Waals surface area contributed by atoms with E-state index in [4.69, 9.17) is 23.1 Å². The standard InChI is InChI=1S/C20H33ClN4/c21-19-11-9-18(10-12-19)17-25(20(22)23)16-6-4-2-1-3-5-13-24-14-7-8-15-24/h9-12H,1-8,13-17H2,(H3,22,23)/p+1. The topological polar surface area (TPSA) is 58.3 Å². The fourth-order valence-electron chi connectivity index (χ4n) is 3.46. The molecule has 1 fully saturated rings. The Hall–Kier alpha value is -1.26. The van der Waals surface area contributed by atoms with Crippen LogP contribution in [-0.4, -0.2) is 41.6 Å². The summed E-state index contributed by atoms with van der Waals surface area (Å²) >= 11 is 5.93. The maximum absolute atomic E-state index is 5.93. The molecule has 1 aliphatic heterocycles. The van der Waals surface area contributed by atoms with E-state index in [0.29, 0.717) is 5.96 Å². The van der Waals surface area contributed by atoms with E-state index in [2.05, 4.69) is 9.48 Å². The lowest BCUT2D eigenvalue weighted by Gasteiger charge is -2.13. The van der Waals surface area contributed by atoms with Crippen LogP contribution in [0, 0.1) is 0 Å². The van der Waals surface area contributed by atoms with E-state index in [-0.39, 0.29) is 0 Å². The second kappa shape index (κ2) is 11.4. The summed E-state index contributed by atoms with van der Waals surface area (Å²) in [6, 6.07) is 7.87. The molecule has 1 heterocycles. The van der Waals surface area contributed by atoms with Gasteiger partial charge in [0.1, 0.15) is 0 Å². The molecular formula is C20H34ClN4+. The number of hydrogen-bond acceptors (Lipinski definition) is 1. The maximum atomic E-state index is 5.93. The second-order valence-electron chi connectivity index (χ2n) is 7.14. The molecule has 25 heavy (non-hydrogen) atoms. The second-order valence-corrected chi connectivity index (χ2v) is 7.58. The Morgan fingerprint density at radius 2 is 1.52 bits per heavy atom. The van der Waals surface area contributed by atoms with E-state index in [0.717, 1.165) is 24.5 Å². The van der Waals surface area contributed by atoms with Crippen LogP contribution in [0.5, 0.6) is 0 Å². The number of halogens is 1. The molecule has 0 radical (unpaired) electrons. The fourth-order valence-corrected chi connectivity index (χ4v) is 3.59. The molecule has 0 spiro atoms. The van der Waals surface area contributed by atoms with Gasteiger partial charge in [0.05, 0.1) is 13.1 Å². The summed E-state index contributed by atoms with van der Waals surface area (Å²) in [7, 11) is 0. The van der Waals surface area contributed by atoms with Crippen LogP contribution in [0.3, 0.4) is 0 Å². The van der Waals surface area contributed by atoms with Gasteiger partial charge in [0.15, 0.2) is 0 Å². The normalized spacial score (nSPS) is 14.8. The van der Waals surface area contributed by atoms with Crippen molar-refractivity contribution in [1.82, 2.24) is 4.90 Å². The fraction of sp³-hybridized carbons (Fsp3) is 0.650. The molecule has 1 saturated heterocycles. The van der Waals surface area contributed by atoms with E-state index in [1.54, 1.807) is 0 Å². The van der Waals surface area contributed by atoms with Gasteiger partial charge in [0.25, 0.3) is 0 Å². The monoisotopic (exact) mass is 365 g/mol. The van der Waals surface area contributed by atoms with Gasteiger partial charge in [0.2, 0.25) is 0 Å². The molecule has 2 rings (SSSR count). The van der Waals surface area contributed by atoms with Gasteiger partial charge in [-0.1, -0.05) is 49.4 Å². The number of likely N-dealkylation sites (tertiary alicyclic amines) is 1. The molecule has 0 aromatic heterocycles. The highest BCUT2D eigenvalue weighted by atomic mass is 35.5. The summed E-state index contributed by atoms with van der Waals surface area (Å²) in [6.07, 6.45) is 10.5. The zero-order chi connectivity index (χ0) is 17.9. The first-order valence-electron chi connectivity index (χ1n) is 9.75. The van der Waals surface area contributed by atoms with Crippen LogP contribution in [0.25, 0.3) is 0 Å². The van der Waals surface area contributed by atoms with Gasteiger partial charge >= 0.3 is 5.96 Å². The Labute approximate surface area is 157 Å². The van der Waals surface area contributed by atoms with Crippen LogP contribution in [-0.2, 0) is 6.54 Å². The van der Waals surface area contributed by atoms with Crippen LogP contribution < -0.4 is 11.5 Å². The average molecular weight is 366 g/mol. The van der Waals surface area contributed by atoms with Gasteiger partial charge in [0, 0.05) is 5.02 Å². The predicted octanol–water partition coefficient (Wildman–Crippen LogP) is 3.56. The molecule has 4 N–H and O–H groups in total. The molecule has 0 saturated carbocycles. The Balaban J connectivity index is 1.55. The number of guanidine groups is 1. The lowest BCUT2D eigenvalue weighted by molar-refractivity contribution is -0.546. The van der Waals surface area contributed by atoms with Gasteiger partial charge in [-0.15, -0.1) is 0 Å². The number of rotatable bonds is 11. The molecule has 0 unspecified atom stereocenters. The summed E-state index contributed by atoms with van der Waals surface area (Å²) in [4.78, 5) is 2.61. The number of benzene rings is 1. The average Bonchev–Trinajstić information content (AvgIpc) is 3.11. The summed E-state index contributed by atoms with van der Waals surface area (Å²) in [5.74, 6) is 0.403. The largest absolute Gasteiger partial charge is 0.341 e. The van der Waals surface area contributed by atoms with Crippen LogP contribution in [0.4, 0.5) is 0 Å². The van der Waals surface area contributed by atoms with Crippen molar-refractivity contribution in [1.29, 1.82) is 0 Å². The first kappa shape index (κ1) is 20.1. The molecule has 0 bridgehead atoms. The Bertz CT molecular complexity index is 517. The van der Waals surface area contributed by atoms with Crippen molar-refractivity contribution in [3.63, 3.8) is 0 Å². The molecule has 1 aliphatic rings. The Morgan fingerprint density at radius 3 is 2.16 bits per heavy atom. The molecule has 0 atom stereocenters. The number of nitrogens with zero attached hydrogens (tertiary/aromatic N) is 2. The van der Waals surface area contributed by atoms with Gasteiger partial charge < -0.3 is 4.90 Å². The third-order valence-corrected chi connectivity index (χ3v) is 5.25. The summed E-state index contributed by atoms with van der Waals surface area (Å²) < 4.78 is 2.05. The van der Waals surface area contributed by atoms with Crippen molar-refractivity contribution >= 4 is 17.6 Å². The summed E-state index contributed by atoms with van der Waals surface area (Å²) in [5.41, 5.74) is 12.9. The van der Waals surface area contributed by atoms with E-state index < -0.39 is 0 Å². The van der Waals surface area contributed by atoms with Crippen molar-refractivity contribution in [3.8, 4) is 0 Å². The third kappa shape index (κ3) is 8.10. The first-order valence-corrected chi connectivity index (χ1v) is 10.1. The maximum Gasteiger partial charge on any atom is 0.341 e. The van der Waals surface area contributed by atoms with Crippen LogP contribution in [0.15, 0.2) is 24.3 Å². The highest BCUT2D eigenvalue weighted by Gasteiger charge is 2.10. The summed E-state index contributed by atoms with van der Waals surface area (Å²) in [6.45, 7) is 5.60. The minimum Gasteiger partial charge on any atom is -0.303 e. The lowest BCUT2D eigenvalue weighted by Crippen LogP contribution is -2.36. The minimum absolute atomic E-state index is 0.403. The smallest absolute Gasteiger partial charge is 0.303 e. The van der Waals surface area contributed by atoms with Crippen molar-refractivity contribution in [2.45, 2.75) is 57.9 Å².